The fourth-order valence-electron chi connectivity index (χ4n) is 0.900. The van der Waals surface area contributed by atoms with Crippen LogP contribution < -0.4 is 0 Å². The molecule has 0 aliphatic heterocycles. The van der Waals surface area contributed by atoms with Crippen LogP contribution in [-0.2, 0) is 37.5 Å². The standard InChI is InChI=1S/C9H16O.Y/c1-5-8(6-2)9(10)7(3)4;/h7-8H,1-2,5-6H2,3-4H3;/q-2;. The number of ketones is 1. The maximum Gasteiger partial charge on any atom is 0.133 e. The summed E-state index contributed by atoms with van der Waals surface area (Å²) in [6.07, 6.45) is 1.36. The first-order chi connectivity index (χ1) is 4.63. The van der Waals surface area contributed by atoms with Crippen molar-refractivity contribution in [1.82, 2.24) is 0 Å². The minimum Gasteiger partial charge on any atom is -0.343 e. The average molecular weight is 229 g/mol. The van der Waals surface area contributed by atoms with E-state index < -0.39 is 0 Å². The Bertz CT molecular complexity index is 106. The van der Waals surface area contributed by atoms with E-state index in [-0.39, 0.29) is 44.5 Å². The zero-order chi connectivity index (χ0) is 8.15. The largest absolute Gasteiger partial charge is 0.343 e. The Labute approximate surface area is 95.2 Å². The van der Waals surface area contributed by atoms with E-state index in [1.54, 1.807) is 0 Å². The summed E-state index contributed by atoms with van der Waals surface area (Å²) in [5.74, 6) is 0.512. The smallest absolute Gasteiger partial charge is 0.133 e. The molecule has 1 nitrogen and oxygen atoms in total. The molecule has 0 aliphatic rings. The summed E-state index contributed by atoms with van der Waals surface area (Å²) < 4.78 is 0. The molecule has 0 spiro atoms. The van der Waals surface area contributed by atoms with Crippen LogP contribution in [0.4, 0.5) is 0 Å². The quantitative estimate of drug-likeness (QED) is 0.676. The van der Waals surface area contributed by atoms with Crippen molar-refractivity contribution < 1.29 is 37.5 Å². The Morgan fingerprint density at radius 2 is 1.64 bits per heavy atom. The summed E-state index contributed by atoms with van der Waals surface area (Å²) in [5.41, 5.74) is 0. The van der Waals surface area contributed by atoms with Crippen molar-refractivity contribution in [2.75, 3.05) is 0 Å². The molecule has 0 unspecified atom stereocenters. The van der Waals surface area contributed by atoms with E-state index >= 15 is 0 Å². The van der Waals surface area contributed by atoms with Gasteiger partial charge in [0.15, 0.2) is 0 Å². The third-order valence-electron chi connectivity index (χ3n) is 1.67. The van der Waals surface area contributed by atoms with Gasteiger partial charge in [0.05, 0.1) is 0 Å². The first-order valence-electron chi connectivity index (χ1n) is 3.75. The van der Waals surface area contributed by atoms with Crippen molar-refractivity contribution in [2.24, 2.45) is 11.8 Å². The molecule has 0 fully saturated rings. The van der Waals surface area contributed by atoms with Crippen LogP contribution in [0.5, 0.6) is 0 Å². The predicted octanol–water partition coefficient (Wildman–Crippen LogP) is 2.27. The maximum absolute atomic E-state index is 11.2. The topological polar surface area (TPSA) is 17.1 Å². The number of Topliss-reactive ketones (excluding diaryl/α,β-unsaturated/α-hetero) is 1. The molecule has 0 aliphatic carbocycles. The number of carbonyl (C=O) groups is 1. The maximum atomic E-state index is 11.2. The molecule has 0 saturated heterocycles. The van der Waals surface area contributed by atoms with Gasteiger partial charge in [-0.3, -0.25) is 4.79 Å². The van der Waals surface area contributed by atoms with Gasteiger partial charge in [-0.05, 0) is 5.92 Å². The van der Waals surface area contributed by atoms with E-state index in [1.165, 1.54) is 0 Å². The molecule has 0 amide bonds. The van der Waals surface area contributed by atoms with Crippen LogP contribution in [0, 0.1) is 25.7 Å². The van der Waals surface area contributed by atoms with Crippen LogP contribution in [0.3, 0.4) is 0 Å². The second-order valence-corrected chi connectivity index (χ2v) is 2.83. The Hall–Kier alpha value is 0.774. The molecule has 0 saturated carbocycles. The molecule has 0 heterocycles. The van der Waals surface area contributed by atoms with Gasteiger partial charge in [-0.1, -0.05) is 13.8 Å². The molecule has 2 heteroatoms. The molecule has 1 radical (unpaired) electrons. The fourth-order valence-corrected chi connectivity index (χ4v) is 0.900. The van der Waals surface area contributed by atoms with Gasteiger partial charge in [0.2, 0.25) is 0 Å². The van der Waals surface area contributed by atoms with Crippen LogP contribution in [0.1, 0.15) is 26.7 Å². The zero-order valence-electron chi connectivity index (χ0n) is 7.47. The van der Waals surface area contributed by atoms with Crippen LogP contribution in [0.2, 0.25) is 0 Å². The van der Waals surface area contributed by atoms with Crippen molar-refractivity contribution >= 4 is 5.78 Å². The van der Waals surface area contributed by atoms with E-state index in [0.717, 1.165) is 0 Å². The summed E-state index contributed by atoms with van der Waals surface area (Å²) in [7, 11) is 0. The molecule has 63 valence electrons. The second kappa shape index (κ2) is 7.42. The van der Waals surface area contributed by atoms with Crippen LogP contribution in [0.15, 0.2) is 0 Å². The SMILES string of the molecule is [CH2-]CC(C[CH2-])C(=O)C(C)C.[Y]. The number of hydrogen-bond acceptors (Lipinski definition) is 1. The first-order valence-corrected chi connectivity index (χ1v) is 3.75. The van der Waals surface area contributed by atoms with Gasteiger partial charge in [0, 0.05) is 38.6 Å². The van der Waals surface area contributed by atoms with Gasteiger partial charge in [-0.2, -0.15) is 12.8 Å². The van der Waals surface area contributed by atoms with Crippen molar-refractivity contribution in [1.29, 1.82) is 0 Å². The molecule has 0 rings (SSSR count). The van der Waals surface area contributed by atoms with E-state index in [1.807, 2.05) is 13.8 Å². The molecule has 0 bridgehead atoms. The molecule has 0 atom stereocenters. The summed E-state index contributed by atoms with van der Waals surface area (Å²) in [4.78, 5) is 11.2. The Morgan fingerprint density at radius 3 is 1.73 bits per heavy atom. The molecular formula is C9H16OY-2. The van der Waals surface area contributed by atoms with Crippen LogP contribution >= 0.6 is 0 Å². The molecule has 11 heavy (non-hydrogen) atoms. The van der Waals surface area contributed by atoms with Crippen molar-refractivity contribution in [2.45, 2.75) is 26.7 Å². The van der Waals surface area contributed by atoms with E-state index in [2.05, 4.69) is 13.8 Å². The third kappa shape index (κ3) is 5.08. The van der Waals surface area contributed by atoms with Crippen molar-refractivity contribution in [3.63, 3.8) is 0 Å². The van der Waals surface area contributed by atoms with Crippen LogP contribution in [-0.4, -0.2) is 5.78 Å². The minimum atomic E-state index is 0. The minimum absolute atomic E-state index is 0. The van der Waals surface area contributed by atoms with Crippen molar-refractivity contribution in [3.05, 3.63) is 13.8 Å². The van der Waals surface area contributed by atoms with Crippen molar-refractivity contribution in [3.8, 4) is 0 Å². The third-order valence-corrected chi connectivity index (χ3v) is 1.67. The number of carbonyl (C=O) groups excluding carboxylic acids is 1. The summed E-state index contributed by atoms with van der Waals surface area (Å²) in [6.45, 7) is 11.2. The van der Waals surface area contributed by atoms with Gasteiger partial charge in [0.25, 0.3) is 0 Å². The molecule has 0 aromatic rings. The van der Waals surface area contributed by atoms with E-state index in [4.69, 9.17) is 0 Å². The zero-order valence-corrected chi connectivity index (χ0v) is 10.3. The van der Waals surface area contributed by atoms with Crippen LogP contribution in [0.25, 0.3) is 0 Å². The van der Waals surface area contributed by atoms with Gasteiger partial charge in [0.1, 0.15) is 5.78 Å². The van der Waals surface area contributed by atoms with E-state index in [9.17, 15) is 4.79 Å². The Kier molecular flexibility index (Phi) is 9.66. The summed E-state index contributed by atoms with van der Waals surface area (Å²) in [6, 6.07) is 0. The van der Waals surface area contributed by atoms with Gasteiger partial charge < -0.3 is 13.8 Å². The molecule has 0 aromatic carbocycles. The molecule has 0 N–H and O–H groups in total. The molecule has 0 aromatic heterocycles. The molecular weight excluding hydrogens is 213 g/mol. The number of rotatable bonds is 4. The first kappa shape index (κ1) is 14.3. The fraction of sp³-hybridized carbons (Fsp3) is 0.667. The monoisotopic (exact) mass is 229 g/mol. The van der Waals surface area contributed by atoms with E-state index in [0.29, 0.717) is 18.6 Å². The number of hydrogen-bond donors (Lipinski definition) is 0. The second-order valence-electron chi connectivity index (χ2n) is 2.83. The van der Waals surface area contributed by atoms with Gasteiger partial charge >= 0.3 is 0 Å². The summed E-state index contributed by atoms with van der Waals surface area (Å²) >= 11 is 0. The summed E-state index contributed by atoms with van der Waals surface area (Å²) in [5, 5.41) is 0. The average Bonchev–Trinajstić information content (AvgIpc) is 1.90. The Morgan fingerprint density at radius 1 is 1.27 bits per heavy atom. The van der Waals surface area contributed by atoms with Gasteiger partial charge in [-0.15, -0.1) is 0 Å². The predicted molar refractivity (Wildman–Crippen MR) is 43.3 cm³/mol. The normalized spacial score (nSPS) is 10.0. The Balaban J connectivity index is 0. The van der Waals surface area contributed by atoms with Gasteiger partial charge in [-0.25, -0.2) is 0 Å².